The molecule has 2 saturated heterocycles. The summed E-state index contributed by atoms with van der Waals surface area (Å²) in [7, 11) is 0. The fourth-order valence-corrected chi connectivity index (χ4v) is 4.26. The van der Waals surface area contributed by atoms with Gasteiger partial charge in [-0.25, -0.2) is 0 Å². The number of hydrogen-bond donors (Lipinski definition) is 1. The molecule has 33 heavy (non-hydrogen) atoms. The molecule has 0 spiro atoms. The maximum atomic E-state index is 13.1. The number of aliphatic hydroxyl groups excluding tert-OH is 1. The molecule has 2 aromatic carbocycles. The van der Waals surface area contributed by atoms with Crippen molar-refractivity contribution in [3.8, 4) is 0 Å². The second-order valence-corrected chi connectivity index (χ2v) is 8.13. The zero-order valence-corrected chi connectivity index (χ0v) is 18.3. The van der Waals surface area contributed by atoms with Gasteiger partial charge in [-0.2, -0.15) is 0 Å². The minimum Gasteiger partial charge on any atom is -0.507 e. The van der Waals surface area contributed by atoms with E-state index in [0.717, 1.165) is 5.56 Å². The molecule has 0 radical (unpaired) electrons. The van der Waals surface area contributed by atoms with E-state index in [1.165, 1.54) is 23.1 Å². The molecule has 172 valence electrons. The van der Waals surface area contributed by atoms with Gasteiger partial charge in [-0.05, 0) is 13.0 Å². The molecule has 0 aliphatic carbocycles. The number of morpholine rings is 1. The van der Waals surface area contributed by atoms with E-state index in [2.05, 4.69) is 4.90 Å². The molecule has 2 heterocycles. The normalized spacial score (nSPS) is 20.9. The zero-order valence-electron chi connectivity index (χ0n) is 18.3. The predicted molar refractivity (Wildman–Crippen MR) is 121 cm³/mol. The van der Waals surface area contributed by atoms with Crippen LogP contribution in [0.25, 0.3) is 5.76 Å². The van der Waals surface area contributed by atoms with E-state index in [4.69, 9.17) is 4.74 Å². The van der Waals surface area contributed by atoms with Crippen molar-refractivity contribution in [1.82, 2.24) is 9.80 Å². The molecule has 2 aliphatic heterocycles. The summed E-state index contributed by atoms with van der Waals surface area (Å²) in [6.45, 7) is 5.12. The second kappa shape index (κ2) is 9.51. The first-order chi connectivity index (χ1) is 15.9. The highest BCUT2D eigenvalue weighted by Crippen LogP contribution is 2.42. The summed E-state index contributed by atoms with van der Waals surface area (Å²) in [6, 6.07) is 11.8. The Kier molecular flexibility index (Phi) is 6.52. The van der Waals surface area contributed by atoms with Crippen LogP contribution < -0.4 is 0 Å². The Balaban J connectivity index is 1.80. The summed E-state index contributed by atoms with van der Waals surface area (Å²) in [5.41, 5.74) is 1.18. The number of ketones is 1. The maximum Gasteiger partial charge on any atom is 0.295 e. The van der Waals surface area contributed by atoms with Crippen LogP contribution in [0.3, 0.4) is 0 Å². The molecule has 0 aromatic heterocycles. The molecule has 2 aromatic rings. The number of hydrogen-bond acceptors (Lipinski definition) is 7. The average molecular weight is 451 g/mol. The van der Waals surface area contributed by atoms with Gasteiger partial charge in [-0.15, -0.1) is 0 Å². The Bertz CT molecular complexity index is 1110. The van der Waals surface area contributed by atoms with Crippen LogP contribution in [0, 0.1) is 17.0 Å². The number of nitro benzene ring substituents is 1. The fourth-order valence-electron chi connectivity index (χ4n) is 4.26. The number of Topliss-reactive ketones (excluding diaryl/α,β-unsaturated/α-hetero) is 1. The van der Waals surface area contributed by atoms with Crippen LogP contribution in [-0.2, 0) is 14.3 Å². The number of likely N-dealkylation sites (tertiary alicyclic amines) is 1. The van der Waals surface area contributed by atoms with Crippen LogP contribution >= 0.6 is 0 Å². The van der Waals surface area contributed by atoms with Crippen molar-refractivity contribution in [2.24, 2.45) is 0 Å². The minimum absolute atomic E-state index is 0.139. The van der Waals surface area contributed by atoms with Gasteiger partial charge in [-0.1, -0.05) is 42.0 Å². The van der Waals surface area contributed by atoms with E-state index in [1.807, 2.05) is 6.92 Å². The number of carbonyl (C=O) groups excluding carboxylic acids is 2. The lowest BCUT2D eigenvalue weighted by atomic mass is 9.94. The highest BCUT2D eigenvalue weighted by atomic mass is 16.6. The van der Waals surface area contributed by atoms with Crippen molar-refractivity contribution in [1.29, 1.82) is 0 Å². The Morgan fingerprint density at radius 3 is 2.42 bits per heavy atom. The molecule has 2 fully saturated rings. The second-order valence-electron chi connectivity index (χ2n) is 8.13. The Labute approximate surface area is 191 Å². The number of rotatable bonds is 6. The lowest BCUT2D eigenvalue weighted by Gasteiger charge is -2.30. The third-order valence-electron chi connectivity index (χ3n) is 6.05. The van der Waals surface area contributed by atoms with Crippen LogP contribution in [0.2, 0.25) is 0 Å². The number of nitro groups is 1. The predicted octanol–water partition coefficient (Wildman–Crippen LogP) is 2.66. The highest BCUT2D eigenvalue weighted by molar-refractivity contribution is 6.46. The molecule has 9 heteroatoms. The van der Waals surface area contributed by atoms with Crippen LogP contribution in [-0.4, -0.2) is 70.9 Å². The van der Waals surface area contributed by atoms with E-state index in [1.54, 1.807) is 30.3 Å². The summed E-state index contributed by atoms with van der Waals surface area (Å²) in [5.74, 6) is -1.97. The SMILES string of the molecule is Cc1ccc(/C(O)=C2\C(=O)C(=O)N(CCN3CCOCC3)[C@@H]2c2ccccc2[N+](=O)[O-])cc1. The van der Waals surface area contributed by atoms with Gasteiger partial charge in [0.15, 0.2) is 0 Å². The van der Waals surface area contributed by atoms with Crippen molar-refractivity contribution in [3.05, 3.63) is 80.9 Å². The number of ether oxygens (including phenoxy) is 1. The van der Waals surface area contributed by atoms with Gasteiger partial charge < -0.3 is 14.7 Å². The van der Waals surface area contributed by atoms with E-state index in [-0.39, 0.29) is 29.1 Å². The molecular weight excluding hydrogens is 426 g/mol. The van der Waals surface area contributed by atoms with Crippen LogP contribution in [0.15, 0.2) is 54.1 Å². The summed E-state index contributed by atoms with van der Waals surface area (Å²) < 4.78 is 5.36. The average Bonchev–Trinajstić information content (AvgIpc) is 3.08. The fraction of sp³-hybridized carbons (Fsp3) is 0.333. The molecule has 1 atom stereocenters. The summed E-state index contributed by atoms with van der Waals surface area (Å²) in [6.07, 6.45) is 0. The quantitative estimate of drug-likeness (QED) is 0.236. The number of nitrogens with zero attached hydrogens (tertiary/aromatic N) is 3. The summed E-state index contributed by atoms with van der Waals surface area (Å²) in [5, 5.41) is 22.8. The number of amides is 1. The Morgan fingerprint density at radius 2 is 1.76 bits per heavy atom. The van der Waals surface area contributed by atoms with E-state index >= 15 is 0 Å². The summed E-state index contributed by atoms with van der Waals surface area (Å²) in [4.78, 5) is 40.8. The van der Waals surface area contributed by atoms with Crippen molar-refractivity contribution in [2.75, 3.05) is 39.4 Å². The van der Waals surface area contributed by atoms with Gasteiger partial charge >= 0.3 is 0 Å². The maximum absolute atomic E-state index is 13.1. The van der Waals surface area contributed by atoms with E-state index in [9.17, 15) is 24.8 Å². The Morgan fingerprint density at radius 1 is 1.09 bits per heavy atom. The number of aliphatic hydroxyl groups is 1. The van der Waals surface area contributed by atoms with Gasteiger partial charge in [0.25, 0.3) is 17.4 Å². The van der Waals surface area contributed by atoms with E-state index < -0.39 is 22.7 Å². The lowest BCUT2D eigenvalue weighted by Crippen LogP contribution is -2.42. The molecule has 1 amide bonds. The standard InChI is InChI=1S/C24H25N3O6/c1-16-6-8-17(9-7-16)22(28)20-21(18-4-2-3-5-19(18)27(31)32)26(24(30)23(20)29)11-10-25-12-14-33-15-13-25/h2-9,21,28H,10-15H2,1H3/b22-20+/t21-/m1/s1. The van der Waals surface area contributed by atoms with Gasteiger partial charge in [0.1, 0.15) is 5.76 Å². The smallest absolute Gasteiger partial charge is 0.295 e. The number of carbonyl (C=O) groups is 2. The zero-order chi connectivity index (χ0) is 23.5. The van der Waals surface area contributed by atoms with Crippen LogP contribution in [0.1, 0.15) is 22.7 Å². The van der Waals surface area contributed by atoms with Crippen molar-refractivity contribution < 1.29 is 24.4 Å². The molecule has 2 aliphatic rings. The first-order valence-corrected chi connectivity index (χ1v) is 10.8. The van der Waals surface area contributed by atoms with Gasteiger partial charge in [0, 0.05) is 37.8 Å². The third kappa shape index (κ3) is 4.50. The minimum atomic E-state index is -1.06. The third-order valence-corrected chi connectivity index (χ3v) is 6.05. The van der Waals surface area contributed by atoms with Crippen molar-refractivity contribution >= 4 is 23.1 Å². The lowest BCUT2D eigenvalue weighted by molar-refractivity contribution is -0.385. The van der Waals surface area contributed by atoms with Gasteiger partial charge in [-0.3, -0.25) is 24.6 Å². The Hall–Kier alpha value is -3.56. The molecule has 0 unspecified atom stereocenters. The number of aryl methyl sites for hydroxylation is 1. The largest absolute Gasteiger partial charge is 0.507 e. The summed E-state index contributed by atoms with van der Waals surface area (Å²) >= 11 is 0. The number of benzene rings is 2. The van der Waals surface area contributed by atoms with Crippen LogP contribution in [0.4, 0.5) is 5.69 Å². The molecule has 1 N–H and O–H groups in total. The van der Waals surface area contributed by atoms with E-state index in [0.29, 0.717) is 38.4 Å². The topological polar surface area (TPSA) is 113 Å². The molecule has 9 nitrogen and oxygen atoms in total. The monoisotopic (exact) mass is 451 g/mol. The molecule has 0 bridgehead atoms. The number of para-hydroxylation sites is 1. The van der Waals surface area contributed by atoms with Crippen molar-refractivity contribution in [3.63, 3.8) is 0 Å². The first kappa shape index (κ1) is 22.6. The van der Waals surface area contributed by atoms with Gasteiger partial charge in [0.2, 0.25) is 0 Å². The van der Waals surface area contributed by atoms with Crippen LogP contribution in [0.5, 0.6) is 0 Å². The van der Waals surface area contributed by atoms with Crippen molar-refractivity contribution in [2.45, 2.75) is 13.0 Å². The first-order valence-electron chi connectivity index (χ1n) is 10.8. The molecular formula is C24H25N3O6. The molecule has 0 saturated carbocycles. The highest BCUT2D eigenvalue weighted by Gasteiger charge is 2.48. The van der Waals surface area contributed by atoms with Gasteiger partial charge in [0.05, 0.1) is 35.3 Å². The molecule has 4 rings (SSSR count).